The Morgan fingerprint density at radius 3 is 3.00 bits per heavy atom. The molecule has 2 aromatic rings. The number of hydrogen-bond acceptors (Lipinski definition) is 5. The number of aromatic nitrogens is 2. The molecule has 0 N–H and O–H groups in total. The summed E-state index contributed by atoms with van der Waals surface area (Å²) in [5, 5.41) is 0. The molecule has 1 aliphatic heterocycles. The molecule has 5 heteroatoms. The van der Waals surface area contributed by atoms with Gasteiger partial charge in [0.25, 0.3) is 0 Å². The summed E-state index contributed by atoms with van der Waals surface area (Å²) < 4.78 is 11.0. The van der Waals surface area contributed by atoms with Gasteiger partial charge in [-0.05, 0) is 24.4 Å². The van der Waals surface area contributed by atoms with Crippen LogP contribution in [0.1, 0.15) is 12.8 Å². The minimum atomic E-state index is 0.402. The highest BCUT2D eigenvalue weighted by Gasteiger charge is 2.16. The van der Waals surface area contributed by atoms with E-state index in [-0.39, 0.29) is 0 Å². The molecular formula is C13H14N2OS2. The third-order valence-corrected chi connectivity index (χ3v) is 4.82. The Morgan fingerprint density at radius 1 is 1.33 bits per heavy atom. The Labute approximate surface area is 115 Å². The maximum atomic E-state index is 5.60. The monoisotopic (exact) mass is 278 g/mol. The van der Waals surface area contributed by atoms with Crippen LogP contribution in [0.5, 0.6) is 0 Å². The second-order valence-electron chi connectivity index (χ2n) is 4.20. The molecule has 1 aromatic heterocycles. The highest BCUT2D eigenvalue weighted by atomic mass is 32.2. The highest BCUT2D eigenvalue weighted by Crippen LogP contribution is 2.27. The maximum absolute atomic E-state index is 5.60. The normalized spacial score (nSPS) is 19.2. The summed E-state index contributed by atoms with van der Waals surface area (Å²) in [6, 6.07) is 10.1. The maximum Gasteiger partial charge on any atom is 0.174 e. The predicted molar refractivity (Wildman–Crippen MR) is 75.0 cm³/mol. The van der Waals surface area contributed by atoms with Crippen molar-refractivity contribution in [3.8, 4) is 11.4 Å². The molecular weight excluding hydrogens is 264 g/mol. The van der Waals surface area contributed by atoms with Crippen LogP contribution in [0.2, 0.25) is 0 Å². The molecule has 18 heavy (non-hydrogen) atoms. The summed E-state index contributed by atoms with van der Waals surface area (Å²) in [4.78, 5) is 4.56. The van der Waals surface area contributed by atoms with Gasteiger partial charge in [0.1, 0.15) is 0 Å². The van der Waals surface area contributed by atoms with E-state index in [1.165, 1.54) is 24.4 Å². The highest BCUT2D eigenvalue weighted by molar-refractivity contribution is 8.00. The van der Waals surface area contributed by atoms with E-state index < -0.39 is 0 Å². The van der Waals surface area contributed by atoms with Crippen molar-refractivity contribution in [2.45, 2.75) is 23.3 Å². The minimum absolute atomic E-state index is 0.402. The first-order valence-electron chi connectivity index (χ1n) is 6.05. The van der Waals surface area contributed by atoms with Crippen LogP contribution in [0, 0.1) is 0 Å². The Kier molecular flexibility index (Phi) is 3.93. The molecule has 1 aromatic carbocycles. The van der Waals surface area contributed by atoms with E-state index in [1.807, 2.05) is 30.3 Å². The van der Waals surface area contributed by atoms with E-state index >= 15 is 0 Å². The molecule has 0 bridgehead atoms. The van der Waals surface area contributed by atoms with Crippen LogP contribution >= 0.6 is 23.3 Å². The van der Waals surface area contributed by atoms with Crippen molar-refractivity contribution >= 4 is 23.3 Å². The molecule has 1 fully saturated rings. The average Bonchev–Trinajstić information content (AvgIpc) is 3.09. The van der Waals surface area contributed by atoms with Crippen molar-refractivity contribution in [2.24, 2.45) is 0 Å². The van der Waals surface area contributed by atoms with Crippen LogP contribution in [0.4, 0.5) is 0 Å². The standard InChI is InChI=1S/C13H14N2OS2/c1-2-5-10(6-3-1)12-14-13(18-15-12)17-9-11-7-4-8-16-11/h1-3,5-6,11H,4,7-9H2. The van der Waals surface area contributed by atoms with Gasteiger partial charge in [-0.2, -0.15) is 4.37 Å². The molecule has 0 radical (unpaired) electrons. The molecule has 3 rings (SSSR count). The lowest BCUT2D eigenvalue weighted by Crippen LogP contribution is -2.07. The molecule has 1 aliphatic rings. The fraction of sp³-hybridized carbons (Fsp3) is 0.385. The van der Waals surface area contributed by atoms with Gasteiger partial charge in [0.2, 0.25) is 0 Å². The molecule has 0 saturated carbocycles. The molecule has 1 atom stereocenters. The summed E-state index contributed by atoms with van der Waals surface area (Å²) in [5.74, 6) is 1.82. The van der Waals surface area contributed by atoms with Crippen molar-refractivity contribution in [3.63, 3.8) is 0 Å². The number of ether oxygens (including phenoxy) is 1. The summed E-state index contributed by atoms with van der Waals surface area (Å²) in [7, 11) is 0. The summed E-state index contributed by atoms with van der Waals surface area (Å²) >= 11 is 3.23. The van der Waals surface area contributed by atoms with Crippen LogP contribution in [0.15, 0.2) is 34.7 Å². The van der Waals surface area contributed by atoms with Gasteiger partial charge in [-0.1, -0.05) is 42.1 Å². The number of thioether (sulfide) groups is 1. The van der Waals surface area contributed by atoms with Crippen LogP contribution in [-0.4, -0.2) is 27.8 Å². The first-order valence-corrected chi connectivity index (χ1v) is 7.81. The topological polar surface area (TPSA) is 35.0 Å². The average molecular weight is 278 g/mol. The lowest BCUT2D eigenvalue weighted by atomic mass is 10.2. The Hall–Kier alpha value is -0.910. The number of hydrogen-bond donors (Lipinski definition) is 0. The molecule has 3 nitrogen and oxygen atoms in total. The van der Waals surface area contributed by atoms with E-state index in [4.69, 9.17) is 4.74 Å². The molecule has 0 spiro atoms. The van der Waals surface area contributed by atoms with Crippen LogP contribution in [0.3, 0.4) is 0 Å². The van der Waals surface area contributed by atoms with Crippen LogP contribution in [-0.2, 0) is 4.74 Å². The van der Waals surface area contributed by atoms with Gasteiger partial charge >= 0.3 is 0 Å². The fourth-order valence-corrected chi connectivity index (χ4v) is 3.62. The van der Waals surface area contributed by atoms with Gasteiger partial charge in [-0.3, -0.25) is 0 Å². The molecule has 94 valence electrons. The summed E-state index contributed by atoms with van der Waals surface area (Å²) in [6.45, 7) is 0.913. The van der Waals surface area contributed by atoms with E-state index in [1.54, 1.807) is 11.8 Å². The Balaban J connectivity index is 1.63. The van der Waals surface area contributed by atoms with Gasteiger partial charge in [0.15, 0.2) is 10.2 Å². The van der Waals surface area contributed by atoms with Crippen molar-refractivity contribution < 1.29 is 4.74 Å². The lowest BCUT2D eigenvalue weighted by molar-refractivity contribution is 0.129. The molecule has 0 aliphatic carbocycles. The quantitative estimate of drug-likeness (QED) is 0.802. The summed E-state index contributed by atoms with van der Waals surface area (Å²) in [5.41, 5.74) is 1.08. The second-order valence-corrected chi connectivity index (χ2v) is 6.21. The van der Waals surface area contributed by atoms with E-state index in [0.29, 0.717) is 6.10 Å². The zero-order valence-corrected chi connectivity index (χ0v) is 11.5. The summed E-state index contributed by atoms with van der Waals surface area (Å²) in [6.07, 6.45) is 2.77. The number of rotatable bonds is 4. The zero-order valence-electron chi connectivity index (χ0n) is 9.91. The van der Waals surface area contributed by atoms with Crippen molar-refractivity contribution in [3.05, 3.63) is 30.3 Å². The van der Waals surface area contributed by atoms with Gasteiger partial charge in [-0.15, -0.1) is 0 Å². The second kappa shape index (κ2) is 5.82. The van der Waals surface area contributed by atoms with Crippen molar-refractivity contribution in [1.82, 2.24) is 9.36 Å². The van der Waals surface area contributed by atoms with Gasteiger partial charge in [0, 0.05) is 17.9 Å². The predicted octanol–water partition coefficient (Wildman–Crippen LogP) is 3.48. The number of benzene rings is 1. The molecule has 1 saturated heterocycles. The van der Waals surface area contributed by atoms with Crippen molar-refractivity contribution in [2.75, 3.05) is 12.4 Å². The third kappa shape index (κ3) is 2.91. The molecule has 2 heterocycles. The van der Waals surface area contributed by atoms with Crippen molar-refractivity contribution in [1.29, 1.82) is 0 Å². The first-order chi connectivity index (χ1) is 8.92. The van der Waals surface area contributed by atoms with Crippen LogP contribution in [0.25, 0.3) is 11.4 Å². The Morgan fingerprint density at radius 2 is 2.22 bits per heavy atom. The SMILES string of the molecule is c1ccc(-c2nsc(SCC3CCCO3)n2)cc1. The fourth-order valence-electron chi connectivity index (χ4n) is 1.91. The van der Waals surface area contributed by atoms with E-state index in [2.05, 4.69) is 9.36 Å². The minimum Gasteiger partial charge on any atom is -0.377 e. The third-order valence-electron chi connectivity index (χ3n) is 2.86. The largest absolute Gasteiger partial charge is 0.377 e. The van der Waals surface area contributed by atoms with Crippen LogP contribution < -0.4 is 0 Å². The van der Waals surface area contributed by atoms with E-state index in [0.717, 1.165) is 28.1 Å². The van der Waals surface area contributed by atoms with Gasteiger partial charge < -0.3 is 4.74 Å². The zero-order chi connectivity index (χ0) is 12.2. The van der Waals surface area contributed by atoms with Gasteiger partial charge in [0.05, 0.1) is 6.10 Å². The lowest BCUT2D eigenvalue weighted by Gasteiger charge is -2.05. The first kappa shape index (κ1) is 12.1. The molecule has 0 amide bonds. The number of nitrogens with zero attached hydrogens (tertiary/aromatic N) is 2. The van der Waals surface area contributed by atoms with E-state index in [9.17, 15) is 0 Å². The van der Waals surface area contributed by atoms with Gasteiger partial charge in [-0.25, -0.2) is 4.98 Å². The Bertz CT molecular complexity index is 495. The molecule has 1 unspecified atom stereocenters. The smallest absolute Gasteiger partial charge is 0.174 e.